The first-order valence-electron chi connectivity index (χ1n) is 5.06. The Morgan fingerprint density at radius 3 is 2.69 bits per heavy atom. The molecule has 0 saturated heterocycles. The number of aromatic nitrogens is 2. The molecular weight excluding hydrogens is 226 g/mol. The Labute approximate surface area is 98.4 Å². The molecule has 1 atom stereocenters. The minimum atomic E-state index is -0.200. The van der Waals surface area contributed by atoms with E-state index in [0.29, 0.717) is 16.7 Å². The van der Waals surface area contributed by atoms with Crippen LogP contribution in [0.15, 0.2) is 28.8 Å². The fraction of sp³-hybridized carbons (Fsp3) is 0.273. The van der Waals surface area contributed by atoms with Gasteiger partial charge < -0.3 is 10.3 Å². The fourth-order valence-corrected chi connectivity index (χ4v) is 1.40. The summed E-state index contributed by atoms with van der Waals surface area (Å²) in [5, 5.41) is 4.55. The van der Waals surface area contributed by atoms with Crippen LogP contribution in [0, 0.1) is 0 Å². The third-order valence-corrected chi connectivity index (χ3v) is 2.55. The highest BCUT2D eigenvalue weighted by atomic mass is 35.5. The van der Waals surface area contributed by atoms with Gasteiger partial charge in [-0.15, -0.1) is 0 Å². The van der Waals surface area contributed by atoms with E-state index in [1.807, 2.05) is 19.1 Å². The zero-order valence-corrected chi connectivity index (χ0v) is 9.61. The lowest BCUT2D eigenvalue weighted by Crippen LogP contribution is -2.08. The molecule has 2 aromatic rings. The molecule has 0 radical (unpaired) electrons. The average Bonchev–Trinajstić information content (AvgIpc) is 2.78. The second-order valence-corrected chi connectivity index (χ2v) is 3.91. The van der Waals surface area contributed by atoms with Crippen LogP contribution in [-0.4, -0.2) is 10.1 Å². The van der Waals surface area contributed by atoms with Gasteiger partial charge in [-0.25, -0.2) is 0 Å². The molecule has 0 amide bonds. The Morgan fingerprint density at radius 1 is 1.38 bits per heavy atom. The van der Waals surface area contributed by atoms with Crippen LogP contribution in [0.4, 0.5) is 0 Å². The maximum Gasteiger partial charge on any atom is 0.243 e. The molecule has 2 N–H and O–H groups in total. The summed E-state index contributed by atoms with van der Waals surface area (Å²) in [5.74, 6) is 1.00. The Bertz CT molecular complexity index is 466. The number of benzene rings is 1. The van der Waals surface area contributed by atoms with E-state index in [4.69, 9.17) is 21.9 Å². The fourth-order valence-electron chi connectivity index (χ4n) is 1.28. The van der Waals surface area contributed by atoms with Crippen LogP contribution in [0.5, 0.6) is 0 Å². The third kappa shape index (κ3) is 2.23. The van der Waals surface area contributed by atoms with Gasteiger partial charge in [-0.3, -0.25) is 0 Å². The van der Waals surface area contributed by atoms with Crippen LogP contribution in [0.3, 0.4) is 0 Å². The number of nitrogens with zero attached hydrogens (tertiary/aromatic N) is 2. The summed E-state index contributed by atoms with van der Waals surface area (Å²) in [6.45, 7) is 1.97. The summed E-state index contributed by atoms with van der Waals surface area (Å²) in [6.07, 6.45) is 0.766. The van der Waals surface area contributed by atoms with Gasteiger partial charge in [0.1, 0.15) is 0 Å². The predicted molar refractivity (Wildman–Crippen MR) is 62.0 cm³/mol. The van der Waals surface area contributed by atoms with E-state index in [0.717, 1.165) is 12.0 Å². The first kappa shape index (κ1) is 11.1. The Morgan fingerprint density at radius 2 is 2.06 bits per heavy atom. The van der Waals surface area contributed by atoms with Crippen molar-refractivity contribution in [2.45, 2.75) is 19.4 Å². The maximum absolute atomic E-state index is 5.79. The summed E-state index contributed by atoms with van der Waals surface area (Å²) in [7, 11) is 0. The van der Waals surface area contributed by atoms with E-state index >= 15 is 0 Å². The molecule has 0 bridgehead atoms. The largest absolute Gasteiger partial charge is 0.337 e. The normalized spacial score (nSPS) is 12.7. The molecule has 0 saturated carbocycles. The highest BCUT2D eigenvalue weighted by molar-refractivity contribution is 6.30. The smallest absolute Gasteiger partial charge is 0.243 e. The van der Waals surface area contributed by atoms with Crippen LogP contribution in [-0.2, 0) is 0 Å². The van der Waals surface area contributed by atoms with Gasteiger partial charge in [0.05, 0.1) is 6.04 Å². The lowest BCUT2D eigenvalue weighted by atomic mass is 10.2. The highest BCUT2D eigenvalue weighted by Gasteiger charge is 2.13. The van der Waals surface area contributed by atoms with E-state index < -0.39 is 0 Å². The summed E-state index contributed by atoms with van der Waals surface area (Å²) in [4.78, 5) is 4.24. The van der Waals surface area contributed by atoms with Crippen molar-refractivity contribution in [1.29, 1.82) is 0 Å². The van der Waals surface area contributed by atoms with Crippen molar-refractivity contribution in [3.8, 4) is 11.4 Å². The predicted octanol–water partition coefficient (Wildman–Crippen LogP) is 2.80. The number of hydrogen-bond acceptors (Lipinski definition) is 4. The summed E-state index contributed by atoms with van der Waals surface area (Å²) in [5.41, 5.74) is 6.66. The van der Waals surface area contributed by atoms with Crippen LogP contribution in [0.25, 0.3) is 11.4 Å². The highest BCUT2D eigenvalue weighted by Crippen LogP contribution is 2.20. The van der Waals surface area contributed by atoms with Crippen molar-refractivity contribution in [3.05, 3.63) is 35.2 Å². The molecule has 0 aliphatic heterocycles. The second-order valence-electron chi connectivity index (χ2n) is 3.48. The SMILES string of the molecule is CC[C@H](N)c1nc(-c2ccc(Cl)cc2)no1. The van der Waals surface area contributed by atoms with Crippen molar-refractivity contribution in [2.24, 2.45) is 5.73 Å². The molecule has 1 aromatic carbocycles. The molecule has 0 spiro atoms. The van der Waals surface area contributed by atoms with Gasteiger partial charge in [0.25, 0.3) is 0 Å². The van der Waals surface area contributed by atoms with Gasteiger partial charge in [0.15, 0.2) is 0 Å². The molecule has 16 heavy (non-hydrogen) atoms. The molecule has 0 fully saturated rings. The third-order valence-electron chi connectivity index (χ3n) is 2.30. The van der Waals surface area contributed by atoms with Gasteiger partial charge in [-0.05, 0) is 30.7 Å². The van der Waals surface area contributed by atoms with E-state index in [1.54, 1.807) is 12.1 Å². The number of rotatable bonds is 3. The minimum absolute atomic E-state index is 0.200. The molecule has 0 unspecified atom stereocenters. The van der Waals surface area contributed by atoms with E-state index in [1.165, 1.54) is 0 Å². The minimum Gasteiger partial charge on any atom is -0.337 e. The maximum atomic E-state index is 5.79. The van der Waals surface area contributed by atoms with Crippen molar-refractivity contribution in [3.63, 3.8) is 0 Å². The standard InChI is InChI=1S/C11H12ClN3O/c1-2-9(13)11-14-10(15-16-11)7-3-5-8(12)6-4-7/h3-6,9H,2,13H2,1H3/t9-/m0/s1. The summed E-state index contributed by atoms with van der Waals surface area (Å²) in [6, 6.07) is 7.05. The first-order valence-corrected chi connectivity index (χ1v) is 5.43. The molecule has 4 nitrogen and oxygen atoms in total. The zero-order valence-electron chi connectivity index (χ0n) is 8.85. The Hall–Kier alpha value is -1.39. The van der Waals surface area contributed by atoms with Crippen molar-refractivity contribution >= 4 is 11.6 Å². The van der Waals surface area contributed by atoms with Gasteiger partial charge in [0.2, 0.25) is 11.7 Å². The quantitative estimate of drug-likeness (QED) is 0.892. The Balaban J connectivity index is 2.28. The van der Waals surface area contributed by atoms with E-state index in [2.05, 4.69) is 10.1 Å². The number of halogens is 1. The zero-order chi connectivity index (χ0) is 11.5. The van der Waals surface area contributed by atoms with Crippen LogP contribution < -0.4 is 5.73 Å². The van der Waals surface area contributed by atoms with E-state index in [9.17, 15) is 0 Å². The average molecular weight is 238 g/mol. The monoisotopic (exact) mass is 237 g/mol. The van der Waals surface area contributed by atoms with Crippen molar-refractivity contribution in [1.82, 2.24) is 10.1 Å². The molecule has 1 heterocycles. The summed E-state index contributed by atoms with van der Waals surface area (Å²) >= 11 is 5.79. The molecule has 0 aliphatic carbocycles. The number of nitrogens with two attached hydrogens (primary N) is 1. The second kappa shape index (κ2) is 4.63. The number of hydrogen-bond donors (Lipinski definition) is 1. The van der Waals surface area contributed by atoms with Crippen LogP contribution in [0.1, 0.15) is 25.3 Å². The molecule has 5 heteroatoms. The molecule has 2 rings (SSSR count). The lowest BCUT2D eigenvalue weighted by molar-refractivity contribution is 0.352. The van der Waals surface area contributed by atoms with Gasteiger partial charge in [0, 0.05) is 10.6 Å². The van der Waals surface area contributed by atoms with Crippen molar-refractivity contribution in [2.75, 3.05) is 0 Å². The van der Waals surface area contributed by atoms with Crippen LogP contribution in [0.2, 0.25) is 5.02 Å². The van der Waals surface area contributed by atoms with Gasteiger partial charge in [-0.2, -0.15) is 4.98 Å². The molecule has 1 aromatic heterocycles. The van der Waals surface area contributed by atoms with Crippen molar-refractivity contribution < 1.29 is 4.52 Å². The molecule has 0 aliphatic rings. The topological polar surface area (TPSA) is 64.9 Å². The first-order chi connectivity index (χ1) is 7.70. The van der Waals surface area contributed by atoms with Crippen LogP contribution >= 0.6 is 11.6 Å². The molecule has 84 valence electrons. The van der Waals surface area contributed by atoms with Gasteiger partial charge >= 0.3 is 0 Å². The molecular formula is C11H12ClN3O. The Kier molecular flexibility index (Phi) is 3.22. The lowest BCUT2D eigenvalue weighted by Gasteiger charge is -1.99. The summed E-state index contributed by atoms with van der Waals surface area (Å²) < 4.78 is 5.08. The van der Waals surface area contributed by atoms with Gasteiger partial charge in [-0.1, -0.05) is 23.7 Å². The van der Waals surface area contributed by atoms with E-state index in [-0.39, 0.29) is 6.04 Å².